The van der Waals surface area contributed by atoms with E-state index in [9.17, 15) is 14.4 Å². The van der Waals surface area contributed by atoms with Crippen molar-refractivity contribution in [2.45, 2.75) is 19.9 Å². The van der Waals surface area contributed by atoms with E-state index in [0.29, 0.717) is 0 Å². The number of hydrogen-bond acceptors (Lipinski definition) is 3. The molecule has 0 aromatic heterocycles. The van der Waals surface area contributed by atoms with E-state index in [4.69, 9.17) is 0 Å². The zero-order valence-corrected chi connectivity index (χ0v) is 6.38. The van der Waals surface area contributed by atoms with E-state index in [1.165, 1.54) is 13.8 Å². The van der Waals surface area contributed by atoms with Crippen molar-refractivity contribution in [2.75, 3.05) is 0 Å². The highest BCUT2D eigenvalue weighted by Gasteiger charge is 2.18. The molecule has 0 fully saturated rings. The minimum absolute atomic E-state index is 0.368. The Labute approximate surface area is 63.9 Å². The van der Waals surface area contributed by atoms with Gasteiger partial charge in [-0.25, -0.2) is 0 Å². The van der Waals surface area contributed by atoms with Gasteiger partial charge in [-0.3, -0.25) is 14.4 Å². The number of nitrogens with two attached hydrogens (primary N) is 1. The van der Waals surface area contributed by atoms with Crippen LogP contribution in [0.15, 0.2) is 0 Å². The summed E-state index contributed by atoms with van der Waals surface area (Å²) in [5.41, 5.74) is 4.67. The molecule has 3 N–H and O–H groups in total. The summed E-state index contributed by atoms with van der Waals surface area (Å²) in [6.07, 6.45) is 0. The number of Topliss-reactive ketones (excluding diaryl/α,β-unsaturated/α-hetero) is 1. The van der Waals surface area contributed by atoms with E-state index in [1.54, 1.807) is 0 Å². The van der Waals surface area contributed by atoms with Gasteiger partial charge >= 0.3 is 0 Å². The number of rotatable bonds is 3. The summed E-state index contributed by atoms with van der Waals surface area (Å²) in [5, 5.41) is 2.23. The van der Waals surface area contributed by atoms with E-state index in [2.05, 4.69) is 11.1 Å². The molecule has 0 bridgehead atoms. The maximum Gasteiger partial charge on any atom is 0.287 e. The molecule has 62 valence electrons. The number of primary amides is 1. The predicted molar refractivity (Wildman–Crippen MR) is 37.5 cm³/mol. The Bertz CT molecular complexity index is 200. The van der Waals surface area contributed by atoms with Gasteiger partial charge in [-0.15, -0.1) is 0 Å². The van der Waals surface area contributed by atoms with Gasteiger partial charge in [-0.05, 0) is 6.92 Å². The quantitative estimate of drug-likeness (QED) is 0.493. The fraction of sp³-hybridized carbons (Fsp3) is 0.500. The summed E-state index contributed by atoms with van der Waals surface area (Å²) in [4.78, 5) is 31.3. The van der Waals surface area contributed by atoms with Crippen molar-refractivity contribution in [3.05, 3.63) is 0 Å². The molecule has 0 aromatic carbocycles. The summed E-state index contributed by atoms with van der Waals surface area (Å²) < 4.78 is 0. The second-order valence-corrected chi connectivity index (χ2v) is 2.15. The highest BCUT2D eigenvalue weighted by Crippen LogP contribution is 1.83. The zero-order valence-electron chi connectivity index (χ0n) is 6.38. The molecular weight excluding hydrogens is 148 g/mol. The summed E-state index contributed by atoms with van der Waals surface area (Å²) in [5.74, 6) is -2.20. The van der Waals surface area contributed by atoms with Crippen molar-refractivity contribution in [3.8, 4) is 0 Å². The Morgan fingerprint density at radius 2 is 1.82 bits per heavy atom. The lowest BCUT2D eigenvalue weighted by atomic mass is 10.2. The molecule has 0 heterocycles. The van der Waals surface area contributed by atoms with Crippen LogP contribution in [-0.2, 0) is 14.4 Å². The number of carbonyl (C=O) groups is 3. The summed E-state index contributed by atoms with van der Waals surface area (Å²) >= 11 is 0. The van der Waals surface area contributed by atoms with Gasteiger partial charge in [0.25, 0.3) is 5.91 Å². The van der Waals surface area contributed by atoms with E-state index >= 15 is 0 Å². The second kappa shape index (κ2) is 3.70. The minimum Gasteiger partial charge on any atom is -0.363 e. The van der Waals surface area contributed by atoms with Crippen molar-refractivity contribution >= 4 is 17.6 Å². The third kappa shape index (κ3) is 3.34. The molecule has 11 heavy (non-hydrogen) atoms. The van der Waals surface area contributed by atoms with Gasteiger partial charge in [0.1, 0.15) is 0 Å². The average Bonchev–Trinajstić information content (AvgIpc) is 1.84. The molecule has 0 spiro atoms. The Morgan fingerprint density at radius 1 is 1.36 bits per heavy atom. The van der Waals surface area contributed by atoms with Crippen LogP contribution in [0.3, 0.4) is 0 Å². The third-order valence-corrected chi connectivity index (χ3v) is 1.06. The molecule has 2 amide bonds. The fourth-order valence-corrected chi connectivity index (χ4v) is 0.584. The van der Waals surface area contributed by atoms with E-state index < -0.39 is 17.7 Å². The molecule has 0 aliphatic heterocycles. The second-order valence-electron chi connectivity index (χ2n) is 2.15. The third-order valence-electron chi connectivity index (χ3n) is 1.06. The SMILES string of the molecule is CC(=O)N[C@@H](C)C(=O)C(N)=O. The molecule has 0 aliphatic rings. The van der Waals surface area contributed by atoms with E-state index in [0.717, 1.165) is 0 Å². The van der Waals surface area contributed by atoms with Crippen LogP contribution < -0.4 is 11.1 Å². The van der Waals surface area contributed by atoms with Crippen molar-refractivity contribution in [2.24, 2.45) is 5.73 Å². The summed E-state index contributed by atoms with van der Waals surface area (Å²) in [6.45, 7) is 2.65. The van der Waals surface area contributed by atoms with Crippen LogP contribution in [0, 0.1) is 0 Å². The van der Waals surface area contributed by atoms with Crippen molar-refractivity contribution in [1.29, 1.82) is 0 Å². The standard InChI is InChI=1S/C6H10N2O3/c1-3(8-4(2)9)5(10)6(7)11/h3H,1-2H3,(H2,7,11)(H,8,9)/t3-/m0/s1. The smallest absolute Gasteiger partial charge is 0.287 e. The van der Waals surface area contributed by atoms with Gasteiger partial charge < -0.3 is 11.1 Å². The number of amides is 2. The number of hydrogen-bond donors (Lipinski definition) is 2. The van der Waals surface area contributed by atoms with E-state index in [1.807, 2.05) is 0 Å². The molecule has 5 nitrogen and oxygen atoms in total. The average molecular weight is 158 g/mol. The first-order valence-corrected chi connectivity index (χ1v) is 3.06. The van der Waals surface area contributed by atoms with Crippen LogP contribution in [0.1, 0.15) is 13.8 Å². The normalized spacial score (nSPS) is 11.8. The largest absolute Gasteiger partial charge is 0.363 e. The van der Waals surface area contributed by atoms with Crippen LogP contribution in [0.25, 0.3) is 0 Å². The Hall–Kier alpha value is -1.39. The maximum atomic E-state index is 10.7. The first kappa shape index (κ1) is 9.61. The van der Waals surface area contributed by atoms with Gasteiger partial charge in [0.2, 0.25) is 11.7 Å². The molecule has 1 atom stereocenters. The van der Waals surface area contributed by atoms with Gasteiger partial charge in [0.05, 0.1) is 6.04 Å². The molecule has 0 radical (unpaired) electrons. The molecule has 0 aromatic rings. The lowest BCUT2D eigenvalue weighted by molar-refractivity contribution is -0.137. The van der Waals surface area contributed by atoms with Crippen LogP contribution >= 0.6 is 0 Å². The van der Waals surface area contributed by atoms with Crippen molar-refractivity contribution in [3.63, 3.8) is 0 Å². The van der Waals surface area contributed by atoms with Crippen molar-refractivity contribution < 1.29 is 14.4 Å². The molecule has 0 aliphatic carbocycles. The molecule has 0 saturated heterocycles. The summed E-state index contributed by atoms with van der Waals surface area (Å²) in [7, 11) is 0. The molecule has 5 heteroatoms. The predicted octanol–water partition coefficient (Wildman–Crippen LogP) is -1.43. The van der Waals surface area contributed by atoms with E-state index in [-0.39, 0.29) is 5.91 Å². The van der Waals surface area contributed by atoms with Crippen molar-refractivity contribution in [1.82, 2.24) is 5.32 Å². The Balaban J connectivity index is 4.03. The molecule has 0 rings (SSSR count). The Kier molecular flexibility index (Phi) is 3.23. The molecular formula is C6H10N2O3. The van der Waals surface area contributed by atoms with Crippen LogP contribution in [0.2, 0.25) is 0 Å². The van der Waals surface area contributed by atoms with Crippen LogP contribution in [-0.4, -0.2) is 23.6 Å². The van der Waals surface area contributed by atoms with Gasteiger partial charge in [-0.2, -0.15) is 0 Å². The number of nitrogens with one attached hydrogen (secondary N) is 1. The number of carbonyl (C=O) groups excluding carboxylic acids is 3. The lowest BCUT2D eigenvalue weighted by Gasteiger charge is -2.07. The topological polar surface area (TPSA) is 89.3 Å². The summed E-state index contributed by atoms with van der Waals surface area (Å²) in [6, 6.07) is -0.829. The highest BCUT2D eigenvalue weighted by atomic mass is 16.2. The fourth-order valence-electron chi connectivity index (χ4n) is 0.584. The zero-order chi connectivity index (χ0) is 9.02. The molecule has 0 saturated carbocycles. The monoisotopic (exact) mass is 158 g/mol. The van der Waals surface area contributed by atoms with Gasteiger partial charge in [-0.1, -0.05) is 0 Å². The molecule has 0 unspecified atom stereocenters. The van der Waals surface area contributed by atoms with Crippen LogP contribution in [0.5, 0.6) is 0 Å². The first-order chi connectivity index (χ1) is 4.95. The Morgan fingerprint density at radius 3 is 2.09 bits per heavy atom. The van der Waals surface area contributed by atoms with Gasteiger partial charge in [0, 0.05) is 6.92 Å². The highest BCUT2D eigenvalue weighted by molar-refractivity contribution is 6.37. The first-order valence-electron chi connectivity index (χ1n) is 3.06. The lowest BCUT2D eigenvalue weighted by Crippen LogP contribution is -2.43. The van der Waals surface area contributed by atoms with Gasteiger partial charge in [0.15, 0.2) is 0 Å². The maximum absolute atomic E-state index is 10.7. The minimum atomic E-state index is -1.04. The van der Waals surface area contributed by atoms with Crippen LogP contribution in [0.4, 0.5) is 0 Å². The number of ketones is 1.